The summed E-state index contributed by atoms with van der Waals surface area (Å²) in [4.78, 5) is 0. The van der Waals surface area contributed by atoms with Crippen LogP contribution in [0.3, 0.4) is 0 Å². The van der Waals surface area contributed by atoms with Gasteiger partial charge in [-0.25, -0.2) is 0 Å². The van der Waals surface area contributed by atoms with Gasteiger partial charge in [0.05, 0.1) is 5.60 Å². The van der Waals surface area contributed by atoms with Crippen molar-refractivity contribution >= 4 is 0 Å². The molecular weight excluding hydrogens is 340 g/mol. The van der Waals surface area contributed by atoms with Gasteiger partial charge in [-0.05, 0) is 41.4 Å². The smallest absolute Gasteiger partial charge is 0.0961 e. The van der Waals surface area contributed by atoms with E-state index in [4.69, 9.17) is 0 Å². The minimum atomic E-state index is -0.827. The summed E-state index contributed by atoms with van der Waals surface area (Å²) in [5, 5.41) is 11.5. The molecule has 0 aliphatic carbocycles. The molecule has 1 heteroatoms. The van der Waals surface area contributed by atoms with Crippen molar-refractivity contribution in [1.82, 2.24) is 0 Å². The van der Waals surface area contributed by atoms with Crippen LogP contribution in [-0.4, -0.2) is 5.11 Å². The second kappa shape index (κ2) is 10.6. The van der Waals surface area contributed by atoms with Crippen LogP contribution in [0.2, 0.25) is 0 Å². The van der Waals surface area contributed by atoms with E-state index in [2.05, 4.69) is 84.5 Å². The van der Waals surface area contributed by atoms with Crippen LogP contribution in [0.4, 0.5) is 0 Å². The Morgan fingerprint density at radius 2 is 1.39 bits per heavy atom. The zero-order valence-electron chi connectivity index (χ0n) is 19.0. The molecule has 28 heavy (non-hydrogen) atoms. The van der Waals surface area contributed by atoms with Crippen molar-refractivity contribution in [2.45, 2.75) is 78.7 Å². The van der Waals surface area contributed by atoms with E-state index in [1.165, 1.54) is 16.7 Å². The molecule has 2 aromatic rings. The number of hydrogen-bond acceptors (Lipinski definition) is 1. The molecule has 2 aromatic carbocycles. The van der Waals surface area contributed by atoms with E-state index in [9.17, 15) is 5.11 Å². The van der Waals surface area contributed by atoms with Crippen molar-refractivity contribution in [3.63, 3.8) is 0 Å². The normalized spacial score (nSPS) is 14.4. The minimum Gasteiger partial charge on any atom is -0.385 e. The summed E-state index contributed by atoms with van der Waals surface area (Å²) in [6.07, 6.45) is 2.71. The molecular formula is C27H40O. The number of allylic oxidation sites excluding steroid dienone is 1. The van der Waals surface area contributed by atoms with Crippen LogP contribution in [0.25, 0.3) is 0 Å². The average molecular weight is 381 g/mol. The molecule has 0 saturated heterocycles. The third-order valence-corrected chi connectivity index (χ3v) is 5.60. The predicted octanol–water partition coefficient (Wildman–Crippen LogP) is 7.43. The molecule has 2 unspecified atom stereocenters. The summed E-state index contributed by atoms with van der Waals surface area (Å²) in [5.74, 6) is 0.197. The second-order valence-corrected chi connectivity index (χ2v) is 9.03. The zero-order valence-corrected chi connectivity index (χ0v) is 19.0. The van der Waals surface area contributed by atoms with E-state index in [0.29, 0.717) is 6.42 Å². The molecule has 1 nitrogen and oxygen atoms in total. The molecule has 2 atom stereocenters. The quantitative estimate of drug-likeness (QED) is 0.516. The Morgan fingerprint density at radius 3 is 1.79 bits per heavy atom. The summed E-state index contributed by atoms with van der Waals surface area (Å²) in [6.45, 7) is 18.7. The van der Waals surface area contributed by atoms with Crippen molar-refractivity contribution in [1.29, 1.82) is 0 Å². The molecule has 0 aliphatic heterocycles. The first-order chi connectivity index (χ1) is 13.0. The second-order valence-electron chi connectivity index (χ2n) is 9.03. The lowest BCUT2D eigenvalue weighted by Gasteiger charge is -2.35. The highest BCUT2D eigenvalue weighted by Crippen LogP contribution is 2.36. The van der Waals surface area contributed by atoms with Crippen LogP contribution in [0.5, 0.6) is 0 Å². The van der Waals surface area contributed by atoms with Crippen molar-refractivity contribution in [3.8, 4) is 0 Å². The Balaban J connectivity index is 0.000000696. The molecule has 2 rings (SSSR count). The Hall–Kier alpha value is -1.86. The fourth-order valence-electron chi connectivity index (χ4n) is 3.06. The fraction of sp³-hybridized carbons (Fsp3) is 0.481. The maximum atomic E-state index is 11.5. The van der Waals surface area contributed by atoms with Crippen LogP contribution >= 0.6 is 0 Å². The lowest BCUT2D eigenvalue weighted by Crippen LogP contribution is -2.36. The van der Waals surface area contributed by atoms with Gasteiger partial charge in [-0.2, -0.15) is 0 Å². The van der Waals surface area contributed by atoms with Crippen LogP contribution < -0.4 is 0 Å². The lowest BCUT2D eigenvalue weighted by molar-refractivity contribution is -0.0186. The van der Waals surface area contributed by atoms with Gasteiger partial charge in [0.25, 0.3) is 0 Å². The molecule has 154 valence electrons. The maximum absolute atomic E-state index is 11.5. The third kappa shape index (κ3) is 6.95. The van der Waals surface area contributed by atoms with Gasteiger partial charge in [0.2, 0.25) is 0 Å². The van der Waals surface area contributed by atoms with Crippen LogP contribution in [0, 0.1) is 5.92 Å². The molecule has 0 aliphatic rings. The molecule has 0 aromatic heterocycles. The maximum Gasteiger partial charge on any atom is 0.0961 e. The summed E-state index contributed by atoms with van der Waals surface area (Å²) in [5.41, 5.74) is 4.05. The van der Waals surface area contributed by atoms with Gasteiger partial charge in [-0.15, -0.1) is 6.58 Å². The van der Waals surface area contributed by atoms with Crippen molar-refractivity contribution < 1.29 is 5.11 Å². The SMILES string of the molecule is C=C(C)CC.CCC(C)C(O)(Cc1ccccc1)c1ccc(C(C)(C)C)cc1. The molecule has 0 amide bonds. The van der Waals surface area contributed by atoms with E-state index >= 15 is 0 Å². The van der Waals surface area contributed by atoms with Crippen molar-refractivity contribution in [3.05, 3.63) is 83.4 Å². The van der Waals surface area contributed by atoms with E-state index in [1.54, 1.807) is 0 Å². The highest BCUT2D eigenvalue weighted by molar-refractivity contribution is 5.33. The van der Waals surface area contributed by atoms with E-state index in [1.807, 2.05) is 25.1 Å². The van der Waals surface area contributed by atoms with Crippen molar-refractivity contribution in [2.24, 2.45) is 5.92 Å². The topological polar surface area (TPSA) is 20.2 Å². The molecule has 0 radical (unpaired) electrons. The third-order valence-electron chi connectivity index (χ3n) is 5.60. The van der Waals surface area contributed by atoms with Crippen LogP contribution in [0.1, 0.15) is 78.0 Å². The van der Waals surface area contributed by atoms with Crippen LogP contribution in [0.15, 0.2) is 66.7 Å². The van der Waals surface area contributed by atoms with Gasteiger partial charge < -0.3 is 5.11 Å². The first kappa shape index (κ1) is 24.2. The minimum absolute atomic E-state index is 0.131. The number of aliphatic hydroxyl groups is 1. The molecule has 0 saturated carbocycles. The largest absolute Gasteiger partial charge is 0.385 e. The van der Waals surface area contributed by atoms with Gasteiger partial charge in [-0.1, -0.05) is 108 Å². The Bertz CT molecular complexity index is 706. The average Bonchev–Trinajstić information content (AvgIpc) is 2.67. The first-order valence-corrected chi connectivity index (χ1v) is 10.6. The first-order valence-electron chi connectivity index (χ1n) is 10.6. The Labute approximate surface area is 173 Å². The predicted molar refractivity (Wildman–Crippen MR) is 124 cm³/mol. The molecule has 1 N–H and O–H groups in total. The molecule has 0 bridgehead atoms. The highest BCUT2D eigenvalue weighted by Gasteiger charge is 2.35. The van der Waals surface area contributed by atoms with E-state index in [0.717, 1.165) is 18.4 Å². The Kier molecular flexibility index (Phi) is 9.17. The van der Waals surface area contributed by atoms with Gasteiger partial charge in [-0.3, -0.25) is 0 Å². The summed E-state index contributed by atoms with van der Waals surface area (Å²) < 4.78 is 0. The highest BCUT2D eigenvalue weighted by atomic mass is 16.3. The Morgan fingerprint density at radius 1 is 0.929 bits per heavy atom. The summed E-state index contributed by atoms with van der Waals surface area (Å²) >= 11 is 0. The number of benzene rings is 2. The van der Waals surface area contributed by atoms with E-state index < -0.39 is 5.60 Å². The summed E-state index contributed by atoms with van der Waals surface area (Å²) in [6, 6.07) is 18.8. The van der Waals surface area contributed by atoms with E-state index in [-0.39, 0.29) is 11.3 Å². The van der Waals surface area contributed by atoms with Gasteiger partial charge in [0, 0.05) is 6.42 Å². The molecule has 0 heterocycles. The van der Waals surface area contributed by atoms with Gasteiger partial charge in [0.1, 0.15) is 0 Å². The fourth-order valence-corrected chi connectivity index (χ4v) is 3.06. The number of hydrogen-bond donors (Lipinski definition) is 1. The monoisotopic (exact) mass is 380 g/mol. The van der Waals surface area contributed by atoms with Crippen LogP contribution in [-0.2, 0) is 17.4 Å². The van der Waals surface area contributed by atoms with Crippen molar-refractivity contribution in [2.75, 3.05) is 0 Å². The standard InChI is InChI=1S/C22H30O.C5H10/c1-6-17(2)22(23,16-18-10-8-7-9-11-18)20-14-12-19(13-15-20)21(3,4)5;1-4-5(2)3/h7-15,17,23H,6,16H2,1-5H3;2,4H2,1,3H3. The molecule has 0 fully saturated rings. The molecule has 0 spiro atoms. The number of rotatable bonds is 6. The zero-order chi connectivity index (χ0) is 21.4. The summed E-state index contributed by atoms with van der Waals surface area (Å²) in [7, 11) is 0. The lowest BCUT2D eigenvalue weighted by atomic mass is 9.75. The van der Waals surface area contributed by atoms with Gasteiger partial charge in [0.15, 0.2) is 0 Å². The van der Waals surface area contributed by atoms with Gasteiger partial charge >= 0.3 is 0 Å².